The zero-order chi connectivity index (χ0) is 13.7. The maximum atomic E-state index is 12.2. The molecule has 2 aromatic rings. The van der Waals surface area contributed by atoms with Gasteiger partial charge in [-0.05, 0) is 52.3 Å². The molecule has 3 nitrogen and oxygen atoms in total. The molecule has 2 heterocycles. The number of halogens is 1. The second-order valence-electron chi connectivity index (χ2n) is 4.19. The van der Waals surface area contributed by atoms with Crippen molar-refractivity contribution >= 4 is 33.0 Å². The Labute approximate surface area is 125 Å². The number of thiophene rings is 1. The van der Waals surface area contributed by atoms with Crippen LogP contribution in [0.4, 0.5) is 0 Å². The van der Waals surface area contributed by atoms with Crippen LogP contribution in [0.3, 0.4) is 0 Å². The van der Waals surface area contributed by atoms with Crippen LogP contribution >= 0.6 is 27.3 Å². The lowest BCUT2D eigenvalue weighted by atomic mass is 10.2. The van der Waals surface area contributed by atoms with E-state index in [0.29, 0.717) is 6.54 Å². The quantitative estimate of drug-likeness (QED) is 0.754. The molecule has 0 aliphatic heterocycles. The predicted molar refractivity (Wildman–Crippen MR) is 81.5 cm³/mol. The Morgan fingerprint density at radius 2 is 2.05 bits per heavy atom. The predicted octanol–water partition coefficient (Wildman–Crippen LogP) is 3.61. The number of likely N-dealkylation sites (N-methyl/N-ethyl adjacent to an activating group) is 1. The first-order valence-corrected chi connectivity index (χ1v) is 7.69. The lowest BCUT2D eigenvalue weighted by Gasteiger charge is -2.19. The Hall–Kier alpha value is -1.04. The molecule has 0 amide bonds. The largest absolute Gasteiger partial charge is 0.292 e. The number of carbonyl (C=O) groups is 1. The summed E-state index contributed by atoms with van der Waals surface area (Å²) in [5.74, 6) is 0.173. The number of rotatable bonds is 6. The lowest BCUT2D eigenvalue weighted by Crippen LogP contribution is -2.29. The number of hydrogen-bond donors (Lipinski definition) is 0. The van der Waals surface area contributed by atoms with Gasteiger partial charge < -0.3 is 0 Å². The molecule has 5 heteroatoms. The normalized spacial score (nSPS) is 10.9. The second-order valence-corrected chi connectivity index (χ2v) is 6.65. The SMILES string of the molecule is CCN(CC(=O)c1ccc(Br)s1)Cc1ccncc1. The van der Waals surface area contributed by atoms with Gasteiger partial charge in [0.25, 0.3) is 0 Å². The molecule has 100 valence electrons. The van der Waals surface area contributed by atoms with E-state index in [9.17, 15) is 4.79 Å². The van der Waals surface area contributed by atoms with E-state index >= 15 is 0 Å². The number of hydrogen-bond acceptors (Lipinski definition) is 4. The fourth-order valence-corrected chi connectivity index (χ4v) is 3.09. The van der Waals surface area contributed by atoms with Gasteiger partial charge in [0.05, 0.1) is 15.2 Å². The minimum Gasteiger partial charge on any atom is -0.292 e. The molecule has 19 heavy (non-hydrogen) atoms. The summed E-state index contributed by atoms with van der Waals surface area (Å²) in [5, 5.41) is 0. The van der Waals surface area contributed by atoms with Crippen LogP contribution in [0.1, 0.15) is 22.2 Å². The monoisotopic (exact) mass is 338 g/mol. The minimum atomic E-state index is 0.173. The summed E-state index contributed by atoms with van der Waals surface area (Å²) in [6.45, 7) is 4.14. The molecule has 0 radical (unpaired) electrons. The molecule has 0 unspecified atom stereocenters. The third-order valence-corrected chi connectivity index (χ3v) is 4.48. The van der Waals surface area contributed by atoms with Crippen molar-refractivity contribution in [2.45, 2.75) is 13.5 Å². The summed E-state index contributed by atoms with van der Waals surface area (Å²) in [5.41, 5.74) is 1.18. The molecule has 0 saturated carbocycles. The molecule has 0 aliphatic carbocycles. The average molecular weight is 339 g/mol. The van der Waals surface area contributed by atoms with E-state index in [1.54, 1.807) is 12.4 Å². The van der Waals surface area contributed by atoms with Gasteiger partial charge >= 0.3 is 0 Å². The van der Waals surface area contributed by atoms with Crippen LogP contribution in [-0.4, -0.2) is 28.8 Å². The molecule has 0 bridgehead atoms. The molecular weight excluding hydrogens is 324 g/mol. The summed E-state index contributed by atoms with van der Waals surface area (Å²) in [7, 11) is 0. The second kappa shape index (κ2) is 6.93. The van der Waals surface area contributed by atoms with E-state index in [4.69, 9.17) is 0 Å². The highest BCUT2D eigenvalue weighted by atomic mass is 79.9. The molecule has 0 spiro atoms. The Morgan fingerprint density at radius 1 is 1.32 bits per heavy atom. The molecular formula is C14H15BrN2OS. The molecule has 2 aromatic heterocycles. The first-order valence-electron chi connectivity index (χ1n) is 6.09. The third-order valence-electron chi connectivity index (χ3n) is 2.82. The maximum Gasteiger partial charge on any atom is 0.186 e. The number of carbonyl (C=O) groups excluding carboxylic acids is 1. The van der Waals surface area contributed by atoms with Gasteiger partial charge in [0.1, 0.15) is 0 Å². The smallest absolute Gasteiger partial charge is 0.186 e. The highest BCUT2D eigenvalue weighted by Crippen LogP contribution is 2.22. The molecule has 0 atom stereocenters. The molecule has 0 aromatic carbocycles. The fraction of sp³-hybridized carbons (Fsp3) is 0.286. The highest BCUT2D eigenvalue weighted by molar-refractivity contribution is 9.11. The van der Waals surface area contributed by atoms with E-state index in [1.165, 1.54) is 16.9 Å². The zero-order valence-corrected chi connectivity index (χ0v) is 13.1. The van der Waals surface area contributed by atoms with Crippen molar-refractivity contribution in [2.24, 2.45) is 0 Å². The molecule has 0 aliphatic rings. The van der Waals surface area contributed by atoms with Gasteiger partial charge in [0.2, 0.25) is 0 Å². The number of ketones is 1. The number of Topliss-reactive ketones (excluding diaryl/α,β-unsaturated/α-hetero) is 1. The first-order chi connectivity index (χ1) is 9.19. The Balaban J connectivity index is 1.97. The highest BCUT2D eigenvalue weighted by Gasteiger charge is 2.13. The van der Waals surface area contributed by atoms with E-state index in [0.717, 1.165) is 21.8 Å². The number of pyridine rings is 1. The van der Waals surface area contributed by atoms with Gasteiger partial charge in [-0.2, -0.15) is 0 Å². The molecule has 0 fully saturated rings. The summed E-state index contributed by atoms with van der Waals surface area (Å²) in [6, 6.07) is 7.75. The van der Waals surface area contributed by atoms with E-state index < -0.39 is 0 Å². The lowest BCUT2D eigenvalue weighted by molar-refractivity contribution is 0.0933. The van der Waals surface area contributed by atoms with Gasteiger partial charge in [-0.15, -0.1) is 11.3 Å². The summed E-state index contributed by atoms with van der Waals surface area (Å²) >= 11 is 4.87. The summed E-state index contributed by atoms with van der Waals surface area (Å²) < 4.78 is 0.994. The molecule has 0 N–H and O–H groups in total. The van der Waals surface area contributed by atoms with Crippen molar-refractivity contribution in [3.63, 3.8) is 0 Å². The van der Waals surface area contributed by atoms with Gasteiger partial charge in [-0.25, -0.2) is 0 Å². The van der Waals surface area contributed by atoms with Crippen molar-refractivity contribution in [1.82, 2.24) is 9.88 Å². The van der Waals surface area contributed by atoms with Crippen molar-refractivity contribution in [3.8, 4) is 0 Å². The van der Waals surface area contributed by atoms with E-state index in [-0.39, 0.29) is 5.78 Å². The maximum absolute atomic E-state index is 12.2. The topological polar surface area (TPSA) is 33.2 Å². The van der Waals surface area contributed by atoms with Crippen LogP contribution in [0, 0.1) is 0 Å². The van der Waals surface area contributed by atoms with Crippen LogP contribution < -0.4 is 0 Å². The summed E-state index contributed by atoms with van der Waals surface area (Å²) in [6.07, 6.45) is 3.56. The molecule has 0 saturated heterocycles. The Bertz CT molecular complexity index is 541. The minimum absolute atomic E-state index is 0.173. The first kappa shape index (κ1) is 14.4. The van der Waals surface area contributed by atoms with Gasteiger partial charge in [-0.3, -0.25) is 14.7 Å². The average Bonchev–Trinajstić information content (AvgIpc) is 2.86. The van der Waals surface area contributed by atoms with Gasteiger partial charge in [0, 0.05) is 18.9 Å². The number of aromatic nitrogens is 1. The van der Waals surface area contributed by atoms with Crippen LogP contribution in [-0.2, 0) is 6.54 Å². The van der Waals surface area contributed by atoms with Crippen molar-refractivity contribution in [1.29, 1.82) is 0 Å². The van der Waals surface area contributed by atoms with Gasteiger partial charge in [-0.1, -0.05) is 6.92 Å². The zero-order valence-electron chi connectivity index (χ0n) is 10.7. The van der Waals surface area contributed by atoms with E-state index in [1.807, 2.05) is 24.3 Å². The van der Waals surface area contributed by atoms with Crippen LogP contribution in [0.5, 0.6) is 0 Å². The summed E-state index contributed by atoms with van der Waals surface area (Å²) in [4.78, 5) is 19.1. The van der Waals surface area contributed by atoms with Crippen molar-refractivity contribution in [3.05, 3.63) is 50.9 Å². The van der Waals surface area contributed by atoms with Crippen LogP contribution in [0.25, 0.3) is 0 Å². The standard InChI is InChI=1S/C14H15BrN2OS/c1-2-17(9-11-5-7-16-8-6-11)10-12(18)13-3-4-14(15)19-13/h3-8H,2,9-10H2,1H3. The fourth-order valence-electron chi connectivity index (χ4n) is 1.77. The number of nitrogens with zero attached hydrogens (tertiary/aromatic N) is 2. The van der Waals surface area contributed by atoms with Crippen LogP contribution in [0.15, 0.2) is 40.4 Å². The molecule has 2 rings (SSSR count). The van der Waals surface area contributed by atoms with Crippen molar-refractivity contribution < 1.29 is 4.79 Å². The third kappa shape index (κ3) is 4.23. The van der Waals surface area contributed by atoms with E-state index in [2.05, 4.69) is 32.7 Å². The Kier molecular flexibility index (Phi) is 5.24. The van der Waals surface area contributed by atoms with Crippen LogP contribution in [0.2, 0.25) is 0 Å². The van der Waals surface area contributed by atoms with Gasteiger partial charge in [0.15, 0.2) is 5.78 Å². The Morgan fingerprint density at radius 3 is 2.63 bits per heavy atom. The van der Waals surface area contributed by atoms with Crippen molar-refractivity contribution in [2.75, 3.05) is 13.1 Å².